The predicted octanol–water partition coefficient (Wildman–Crippen LogP) is 10.4. The summed E-state index contributed by atoms with van der Waals surface area (Å²) in [7, 11) is 0. The Kier molecular flexibility index (Phi) is 7.26. The molecule has 0 spiro atoms. The molecule has 2 aromatic carbocycles. The Labute approximate surface area is 266 Å². The van der Waals surface area contributed by atoms with Crippen LogP contribution in [-0.4, -0.2) is 15.0 Å². The van der Waals surface area contributed by atoms with Gasteiger partial charge in [-0.1, -0.05) is 67.5 Å². The molecule has 1 heterocycles. The standard InChI is InChI=1S/C41H53N3/c1-22-18-24(3)35(25(4)19-22)40-42-39(43-41(44-40)36-26(5)20-23(2)21-27(36)6)34-17-16-33-30-13-8-11-28-10-7-12-29(37(28)30)31-14-9-15-32(34)38(31)33/h18-21,28-34,37-38H,7-17H2,1-6H3. The highest BCUT2D eigenvalue weighted by Crippen LogP contribution is 2.66. The molecule has 5 aliphatic rings. The van der Waals surface area contributed by atoms with E-state index in [9.17, 15) is 0 Å². The highest BCUT2D eigenvalue weighted by Gasteiger charge is 2.59. The molecule has 0 radical (unpaired) electrons. The smallest absolute Gasteiger partial charge is 0.164 e. The summed E-state index contributed by atoms with van der Waals surface area (Å²) >= 11 is 0. The molecular weight excluding hydrogens is 534 g/mol. The fourth-order valence-electron chi connectivity index (χ4n) is 12.5. The lowest BCUT2D eigenvalue weighted by atomic mass is 9.41. The monoisotopic (exact) mass is 587 g/mol. The zero-order valence-electron chi connectivity index (χ0n) is 28.1. The molecule has 0 N–H and O–H groups in total. The van der Waals surface area contributed by atoms with Crippen molar-refractivity contribution < 1.29 is 0 Å². The Morgan fingerprint density at radius 2 is 0.886 bits per heavy atom. The van der Waals surface area contributed by atoms with E-state index in [-0.39, 0.29) is 0 Å². The van der Waals surface area contributed by atoms with Gasteiger partial charge in [0.2, 0.25) is 0 Å². The van der Waals surface area contributed by atoms with Crippen LogP contribution in [0.1, 0.15) is 116 Å². The van der Waals surface area contributed by atoms with Crippen LogP contribution in [0.4, 0.5) is 0 Å². The maximum atomic E-state index is 5.49. The molecular formula is C41H53N3. The SMILES string of the molecule is Cc1cc(C)c(-c2nc(-c3c(C)cc(C)cc3C)nc(C3CCC4C5CCCC6CCCC(C7CCCC3C74)C65)n2)c(C)c1. The van der Waals surface area contributed by atoms with Gasteiger partial charge in [0, 0.05) is 17.0 Å². The summed E-state index contributed by atoms with van der Waals surface area (Å²) in [6.45, 7) is 13.3. The maximum Gasteiger partial charge on any atom is 0.164 e. The van der Waals surface area contributed by atoms with Crippen molar-refractivity contribution in [2.45, 2.75) is 118 Å². The van der Waals surface area contributed by atoms with Crippen molar-refractivity contribution in [3.63, 3.8) is 0 Å². The van der Waals surface area contributed by atoms with Crippen molar-refractivity contribution in [1.82, 2.24) is 15.0 Å². The Morgan fingerprint density at radius 1 is 0.455 bits per heavy atom. The Hall–Kier alpha value is -2.55. The number of rotatable bonds is 3. The van der Waals surface area contributed by atoms with Crippen molar-refractivity contribution in [2.75, 3.05) is 0 Å². The normalized spacial score (nSPS) is 34.3. The quantitative estimate of drug-likeness (QED) is 0.306. The number of nitrogens with zero attached hydrogens (tertiary/aromatic N) is 3. The third-order valence-electron chi connectivity index (χ3n) is 13.5. The van der Waals surface area contributed by atoms with Gasteiger partial charge in [0.1, 0.15) is 5.82 Å². The lowest BCUT2D eigenvalue weighted by Crippen LogP contribution is -2.57. The van der Waals surface area contributed by atoms with Gasteiger partial charge in [0.15, 0.2) is 11.6 Å². The van der Waals surface area contributed by atoms with Crippen LogP contribution in [0.5, 0.6) is 0 Å². The number of benzene rings is 2. The molecule has 3 heteroatoms. The van der Waals surface area contributed by atoms with Gasteiger partial charge in [0.25, 0.3) is 0 Å². The first-order valence-corrected chi connectivity index (χ1v) is 18.2. The van der Waals surface area contributed by atoms with Gasteiger partial charge in [-0.3, -0.25) is 0 Å². The number of aryl methyl sites for hydroxylation is 6. The van der Waals surface area contributed by atoms with Gasteiger partial charge >= 0.3 is 0 Å². The van der Waals surface area contributed by atoms with Gasteiger partial charge in [-0.2, -0.15) is 0 Å². The van der Waals surface area contributed by atoms with Crippen molar-refractivity contribution in [2.24, 2.45) is 47.3 Å². The topological polar surface area (TPSA) is 38.7 Å². The molecule has 232 valence electrons. The first-order valence-electron chi connectivity index (χ1n) is 18.2. The van der Waals surface area contributed by atoms with Crippen LogP contribution in [0.15, 0.2) is 24.3 Å². The van der Waals surface area contributed by atoms with Crippen LogP contribution in [0.3, 0.4) is 0 Å². The molecule has 44 heavy (non-hydrogen) atoms. The molecule has 8 rings (SSSR count). The molecule has 5 fully saturated rings. The summed E-state index contributed by atoms with van der Waals surface area (Å²) < 4.78 is 0. The molecule has 9 atom stereocenters. The zero-order valence-corrected chi connectivity index (χ0v) is 28.1. The van der Waals surface area contributed by atoms with E-state index in [4.69, 9.17) is 15.0 Å². The third kappa shape index (κ3) is 4.61. The first kappa shape index (κ1) is 28.9. The van der Waals surface area contributed by atoms with Crippen LogP contribution in [0.25, 0.3) is 22.8 Å². The summed E-state index contributed by atoms with van der Waals surface area (Å²) in [6, 6.07) is 9.19. The van der Waals surface area contributed by atoms with Gasteiger partial charge in [-0.25, -0.2) is 15.0 Å². The molecule has 5 saturated carbocycles. The van der Waals surface area contributed by atoms with Gasteiger partial charge in [-0.15, -0.1) is 0 Å². The highest BCUT2D eigenvalue weighted by molar-refractivity contribution is 5.70. The van der Waals surface area contributed by atoms with Crippen LogP contribution in [0, 0.1) is 88.9 Å². The molecule has 0 aliphatic heterocycles. The first-order chi connectivity index (χ1) is 21.3. The highest BCUT2D eigenvalue weighted by atomic mass is 15.0. The average molecular weight is 588 g/mol. The van der Waals surface area contributed by atoms with E-state index < -0.39 is 0 Å². The summed E-state index contributed by atoms with van der Waals surface area (Å²) in [5.74, 6) is 11.0. The van der Waals surface area contributed by atoms with E-state index in [1.54, 1.807) is 0 Å². The largest absolute Gasteiger partial charge is 0.213 e. The van der Waals surface area contributed by atoms with Gasteiger partial charge in [-0.05, 0) is 150 Å². The second-order valence-electron chi connectivity index (χ2n) is 16.1. The summed E-state index contributed by atoms with van der Waals surface area (Å²) in [4.78, 5) is 16.3. The summed E-state index contributed by atoms with van der Waals surface area (Å²) in [5.41, 5.74) is 10.1. The molecule has 1 aromatic heterocycles. The molecule has 9 unspecified atom stereocenters. The van der Waals surface area contributed by atoms with E-state index >= 15 is 0 Å². The molecule has 0 amide bonds. The fraction of sp³-hybridized carbons (Fsp3) is 0.634. The number of hydrogen-bond acceptors (Lipinski definition) is 3. The van der Waals surface area contributed by atoms with Crippen molar-refractivity contribution >= 4 is 0 Å². The van der Waals surface area contributed by atoms with E-state index in [0.29, 0.717) is 5.92 Å². The van der Waals surface area contributed by atoms with E-state index in [1.807, 2.05) is 0 Å². The number of hydrogen-bond donors (Lipinski definition) is 0. The molecule has 3 nitrogen and oxygen atoms in total. The van der Waals surface area contributed by atoms with Gasteiger partial charge < -0.3 is 0 Å². The Balaban J connectivity index is 1.25. The maximum absolute atomic E-state index is 5.49. The molecule has 0 saturated heterocycles. The second-order valence-corrected chi connectivity index (χ2v) is 16.1. The molecule has 5 aliphatic carbocycles. The molecule has 3 aromatic rings. The Morgan fingerprint density at radius 3 is 1.41 bits per heavy atom. The minimum absolute atomic E-state index is 0.455. The minimum atomic E-state index is 0.455. The fourth-order valence-corrected chi connectivity index (χ4v) is 12.5. The number of aromatic nitrogens is 3. The van der Waals surface area contributed by atoms with Crippen LogP contribution in [-0.2, 0) is 0 Å². The summed E-state index contributed by atoms with van der Waals surface area (Å²) in [6.07, 6.45) is 16.0. The average Bonchev–Trinajstić information content (AvgIpc) is 2.98. The van der Waals surface area contributed by atoms with Crippen molar-refractivity contribution in [1.29, 1.82) is 0 Å². The zero-order chi connectivity index (χ0) is 30.3. The molecule has 0 bridgehead atoms. The van der Waals surface area contributed by atoms with Crippen LogP contribution in [0.2, 0.25) is 0 Å². The lowest BCUT2D eigenvalue weighted by Gasteiger charge is -2.63. The predicted molar refractivity (Wildman–Crippen MR) is 181 cm³/mol. The van der Waals surface area contributed by atoms with Crippen LogP contribution < -0.4 is 0 Å². The second kappa shape index (κ2) is 11.1. The minimum Gasteiger partial charge on any atom is -0.213 e. The van der Waals surface area contributed by atoms with Gasteiger partial charge in [0.05, 0.1) is 0 Å². The third-order valence-corrected chi connectivity index (χ3v) is 13.5. The van der Waals surface area contributed by atoms with E-state index in [1.165, 1.54) is 115 Å². The lowest BCUT2D eigenvalue weighted by molar-refractivity contribution is -0.142. The van der Waals surface area contributed by atoms with Crippen molar-refractivity contribution in [3.8, 4) is 22.8 Å². The number of fused-ring (bicyclic) bond motifs is 2. The summed E-state index contributed by atoms with van der Waals surface area (Å²) in [5, 5.41) is 0. The van der Waals surface area contributed by atoms with E-state index in [2.05, 4.69) is 65.8 Å². The van der Waals surface area contributed by atoms with Crippen molar-refractivity contribution in [3.05, 3.63) is 63.5 Å². The van der Waals surface area contributed by atoms with Crippen LogP contribution >= 0.6 is 0 Å². The van der Waals surface area contributed by atoms with E-state index in [0.717, 1.165) is 64.8 Å². The Bertz CT molecular complexity index is 1440.